The molecule has 0 amide bonds. The predicted octanol–water partition coefficient (Wildman–Crippen LogP) is 2.15. The van der Waals surface area contributed by atoms with Gasteiger partial charge in [0.1, 0.15) is 5.75 Å². The average Bonchev–Trinajstić information content (AvgIpc) is 3.12. The molecule has 1 fully saturated rings. The summed E-state index contributed by atoms with van der Waals surface area (Å²) in [5.74, 6) is 2.82. The quantitative estimate of drug-likeness (QED) is 0.817. The summed E-state index contributed by atoms with van der Waals surface area (Å²) in [6, 6.07) is 7.32. The highest BCUT2D eigenvalue weighted by atomic mass is 16.5. The third-order valence-corrected chi connectivity index (χ3v) is 2.89. The Hall–Kier alpha value is -2.04. The van der Waals surface area contributed by atoms with Crippen LogP contribution in [0.5, 0.6) is 5.75 Å². The van der Waals surface area contributed by atoms with Gasteiger partial charge in [0.25, 0.3) is 0 Å². The molecule has 0 spiro atoms. The van der Waals surface area contributed by atoms with Gasteiger partial charge in [-0.05, 0) is 37.1 Å². The van der Waals surface area contributed by atoms with Gasteiger partial charge >= 0.3 is 0 Å². The Balaban J connectivity index is 1.49. The van der Waals surface area contributed by atoms with E-state index in [0.29, 0.717) is 24.8 Å². The minimum absolute atomic E-state index is 0.524. The number of nitrogen functional groups attached to an aromatic ring is 1. The van der Waals surface area contributed by atoms with E-state index in [0.717, 1.165) is 17.3 Å². The van der Waals surface area contributed by atoms with Gasteiger partial charge in [-0.15, -0.1) is 0 Å². The molecule has 0 bridgehead atoms. The number of benzene rings is 1. The molecule has 18 heavy (non-hydrogen) atoms. The molecule has 1 heterocycles. The van der Waals surface area contributed by atoms with Crippen molar-refractivity contribution in [3.63, 3.8) is 0 Å². The highest BCUT2D eigenvalue weighted by molar-refractivity contribution is 5.41. The Kier molecular flexibility index (Phi) is 2.88. The zero-order chi connectivity index (χ0) is 12.4. The maximum absolute atomic E-state index is 5.59. The lowest BCUT2D eigenvalue weighted by Gasteiger charge is -2.03. The molecule has 3 rings (SSSR count). The second-order valence-corrected chi connectivity index (χ2v) is 4.49. The van der Waals surface area contributed by atoms with E-state index in [1.165, 1.54) is 12.8 Å². The maximum Gasteiger partial charge on any atom is 0.230 e. The molecule has 2 aromatic rings. The summed E-state index contributed by atoms with van der Waals surface area (Å²) in [5.41, 5.74) is 6.32. The SMILES string of the molecule is Nc1ccc(OCCc2nc(C3CC3)no2)cc1. The number of rotatable bonds is 5. The van der Waals surface area contributed by atoms with E-state index in [9.17, 15) is 0 Å². The Labute approximate surface area is 105 Å². The minimum atomic E-state index is 0.524. The highest BCUT2D eigenvalue weighted by Crippen LogP contribution is 2.38. The van der Waals surface area contributed by atoms with Crippen LogP contribution in [0.15, 0.2) is 28.8 Å². The van der Waals surface area contributed by atoms with E-state index < -0.39 is 0 Å². The van der Waals surface area contributed by atoms with Gasteiger partial charge in [-0.25, -0.2) is 0 Å². The molecule has 1 aliphatic rings. The van der Waals surface area contributed by atoms with Crippen molar-refractivity contribution in [3.05, 3.63) is 36.0 Å². The van der Waals surface area contributed by atoms with Crippen LogP contribution in [0.1, 0.15) is 30.5 Å². The number of ether oxygens (including phenoxy) is 1. The molecule has 94 valence electrons. The summed E-state index contributed by atoms with van der Waals surface area (Å²) in [6.07, 6.45) is 2.99. The zero-order valence-electron chi connectivity index (χ0n) is 10.0. The molecule has 0 unspecified atom stereocenters. The van der Waals surface area contributed by atoms with Crippen LogP contribution < -0.4 is 10.5 Å². The average molecular weight is 245 g/mol. The number of anilines is 1. The van der Waals surface area contributed by atoms with Gasteiger partial charge in [0.15, 0.2) is 5.82 Å². The van der Waals surface area contributed by atoms with Crippen molar-refractivity contribution < 1.29 is 9.26 Å². The van der Waals surface area contributed by atoms with Gasteiger partial charge in [-0.1, -0.05) is 5.16 Å². The van der Waals surface area contributed by atoms with Crippen molar-refractivity contribution in [3.8, 4) is 5.75 Å². The monoisotopic (exact) mass is 245 g/mol. The Bertz CT molecular complexity index is 517. The van der Waals surface area contributed by atoms with Crippen molar-refractivity contribution in [1.29, 1.82) is 0 Å². The molecule has 0 aliphatic heterocycles. The van der Waals surface area contributed by atoms with Crippen LogP contribution in [0.2, 0.25) is 0 Å². The van der Waals surface area contributed by atoms with E-state index in [1.54, 1.807) is 0 Å². The number of nitrogens with zero attached hydrogens (tertiary/aromatic N) is 2. The molecular weight excluding hydrogens is 230 g/mol. The molecule has 0 atom stereocenters. The van der Waals surface area contributed by atoms with Crippen LogP contribution in [-0.2, 0) is 6.42 Å². The highest BCUT2D eigenvalue weighted by Gasteiger charge is 2.28. The molecule has 5 nitrogen and oxygen atoms in total. The topological polar surface area (TPSA) is 74.2 Å². The smallest absolute Gasteiger partial charge is 0.230 e. The van der Waals surface area contributed by atoms with E-state index in [2.05, 4.69) is 10.1 Å². The van der Waals surface area contributed by atoms with Gasteiger partial charge in [-0.3, -0.25) is 0 Å². The van der Waals surface area contributed by atoms with E-state index >= 15 is 0 Å². The number of hydrogen-bond acceptors (Lipinski definition) is 5. The van der Waals surface area contributed by atoms with Gasteiger partial charge in [0.2, 0.25) is 5.89 Å². The summed E-state index contributed by atoms with van der Waals surface area (Å²) < 4.78 is 10.7. The molecule has 1 aliphatic carbocycles. The van der Waals surface area contributed by atoms with Crippen LogP contribution in [0.3, 0.4) is 0 Å². The molecule has 0 saturated heterocycles. The van der Waals surface area contributed by atoms with Crippen LogP contribution >= 0.6 is 0 Å². The van der Waals surface area contributed by atoms with Crippen molar-refractivity contribution in [1.82, 2.24) is 10.1 Å². The van der Waals surface area contributed by atoms with Crippen LogP contribution in [0.25, 0.3) is 0 Å². The molecule has 2 N–H and O–H groups in total. The molecule has 1 aromatic carbocycles. The first-order valence-electron chi connectivity index (χ1n) is 6.12. The summed E-state index contributed by atoms with van der Waals surface area (Å²) in [5, 5.41) is 3.96. The second kappa shape index (κ2) is 4.68. The first-order valence-corrected chi connectivity index (χ1v) is 6.12. The summed E-state index contributed by atoms with van der Waals surface area (Å²) >= 11 is 0. The van der Waals surface area contributed by atoms with E-state index in [4.69, 9.17) is 15.0 Å². The number of nitrogens with two attached hydrogens (primary N) is 1. The Morgan fingerprint density at radius 1 is 1.28 bits per heavy atom. The number of aromatic nitrogens is 2. The van der Waals surface area contributed by atoms with E-state index in [1.807, 2.05) is 24.3 Å². The van der Waals surface area contributed by atoms with Crippen LogP contribution in [-0.4, -0.2) is 16.7 Å². The molecule has 1 aromatic heterocycles. The zero-order valence-corrected chi connectivity index (χ0v) is 10.0. The Morgan fingerprint density at radius 2 is 2.06 bits per heavy atom. The fourth-order valence-corrected chi connectivity index (χ4v) is 1.70. The fourth-order valence-electron chi connectivity index (χ4n) is 1.70. The molecule has 5 heteroatoms. The van der Waals surface area contributed by atoms with Gasteiger partial charge < -0.3 is 15.0 Å². The number of hydrogen-bond donors (Lipinski definition) is 1. The van der Waals surface area contributed by atoms with Crippen molar-refractivity contribution in [2.75, 3.05) is 12.3 Å². The lowest BCUT2D eigenvalue weighted by molar-refractivity contribution is 0.292. The standard InChI is InChI=1S/C13H15N3O2/c14-10-3-5-11(6-4-10)17-8-7-12-15-13(16-18-12)9-1-2-9/h3-6,9H,1-2,7-8,14H2. The normalized spacial score (nSPS) is 14.7. The van der Waals surface area contributed by atoms with Gasteiger partial charge in [-0.2, -0.15) is 4.98 Å². The largest absolute Gasteiger partial charge is 0.493 e. The minimum Gasteiger partial charge on any atom is -0.493 e. The van der Waals surface area contributed by atoms with E-state index in [-0.39, 0.29) is 0 Å². The van der Waals surface area contributed by atoms with Gasteiger partial charge in [0.05, 0.1) is 13.0 Å². The maximum atomic E-state index is 5.59. The van der Waals surface area contributed by atoms with Crippen LogP contribution in [0, 0.1) is 0 Å². The first-order chi connectivity index (χ1) is 8.81. The summed E-state index contributed by atoms with van der Waals surface area (Å²) in [7, 11) is 0. The lowest BCUT2D eigenvalue weighted by atomic mass is 10.3. The second-order valence-electron chi connectivity index (χ2n) is 4.49. The molecule has 0 radical (unpaired) electrons. The molecular formula is C13H15N3O2. The van der Waals surface area contributed by atoms with Gasteiger partial charge in [0, 0.05) is 11.6 Å². The van der Waals surface area contributed by atoms with Crippen molar-refractivity contribution in [2.24, 2.45) is 0 Å². The third-order valence-electron chi connectivity index (χ3n) is 2.89. The molecule has 1 saturated carbocycles. The Morgan fingerprint density at radius 3 is 2.78 bits per heavy atom. The van der Waals surface area contributed by atoms with Crippen molar-refractivity contribution in [2.45, 2.75) is 25.2 Å². The predicted molar refractivity (Wildman–Crippen MR) is 66.3 cm³/mol. The first kappa shape index (κ1) is 11.1. The summed E-state index contributed by atoms with van der Waals surface area (Å²) in [6.45, 7) is 0.524. The lowest BCUT2D eigenvalue weighted by Crippen LogP contribution is -2.01. The summed E-state index contributed by atoms with van der Waals surface area (Å²) in [4.78, 5) is 4.34. The third kappa shape index (κ3) is 2.61. The fraction of sp³-hybridized carbons (Fsp3) is 0.385. The van der Waals surface area contributed by atoms with Crippen molar-refractivity contribution >= 4 is 5.69 Å². The van der Waals surface area contributed by atoms with Crippen LogP contribution in [0.4, 0.5) is 5.69 Å².